The second kappa shape index (κ2) is 8.59. The fourth-order valence-corrected chi connectivity index (χ4v) is 2.08. The topological polar surface area (TPSA) is 55.6 Å². The van der Waals surface area contributed by atoms with Crippen LogP contribution in [-0.2, 0) is 11.3 Å². The number of methoxy groups -OCH3 is 1. The maximum atomic E-state index is 12.3. The third-order valence-electron chi connectivity index (χ3n) is 3.41. The second-order valence-corrected chi connectivity index (χ2v) is 4.95. The molecule has 20 heavy (non-hydrogen) atoms. The van der Waals surface area contributed by atoms with Crippen molar-refractivity contribution in [3.05, 3.63) is 29.8 Å². The minimum absolute atomic E-state index is 0.0387. The Hall–Kier alpha value is -1.55. The summed E-state index contributed by atoms with van der Waals surface area (Å²) in [5.74, 6) is 0.861. The summed E-state index contributed by atoms with van der Waals surface area (Å²) in [6, 6.07) is 7.39. The number of nitrogens with zero attached hydrogens (tertiary/aromatic N) is 1. The number of ether oxygens (including phenoxy) is 1. The van der Waals surface area contributed by atoms with Crippen molar-refractivity contribution in [3.8, 4) is 5.75 Å². The van der Waals surface area contributed by atoms with Crippen LogP contribution in [0.1, 0.15) is 38.7 Å². The lowest BCUT2D eigenvalue weighted by Crippen LogP contribution is -2.43. The Kier molecular flexibility index (Phi) is 7.09. The van der Waals surface area contributed by atoms with Crippen molar-refractivity contribution >= 4 is 5.91 Å². The number of rotatable bonds is 8. The van der Waals surface area contributed by atoms with Gasteiger partial charge in [0.15, 0.2) is 0 Å². The second-order valence-electron chi connectivity index (χ2n) is 4.95. The lowest BCUT2D eigenvalue weighted by molar-refractivity contribution is -0.133. The van der Waals surface area contributed by atoms with E-state index in [4.69, 9.17) is 10.5 Å². The zero-order valence-corrected chi connectivity index (χ0v) is 12.8. The molecule has 4 nitrogen and oxygen atoms in total. The number of amides is 1. The third-order valence-corrected chi connectivity index (χ3v) is 3.41. The number of unbranched alkanes of at least 4 members (excludes halogenated alkanes) is 1. The molecule has 0 saturated carbocycles. The number of hydrogen-bond acceptors (Lipinski definition) is 3. The molecule has 1 amide bonds. The van der Waals surface area contributed by atoms with Gasteiger partial charge in [0.05, 0.1) is 13.2 Å². The lowest BCUT2D eigenvalue weighted by atomic mass is 10.1. The zero-order chi connectivity index (χ0) is 15.0. The van der Waals surface area contributed by atoms with Gasteiger partial charge in [-0.25, -0.2) is 0 Å². The first-order valence-corrected chi connectivity index (χ1v) is 7.29. The Labute approximate surface area is 121 Å². The molecule has 1 rings (SSSR count). The number of likely N-dealkylation sites (N-methyl/N-ethyl adjacent to an activating group) is 1. The molecule has 1 aromatic carbocycles. The minimum Gasteiger partial charge on any atom is -0.497 e. The van der Waals surface area contributed by atoms with Crippen LogP contribution in [0.15, 0.2) is 24.3 Å². The maximum absolute atomic E-state index is 12.3. The van der Waals surface area contributed by atoms with Crippen molar-refractivity contribution < 1.29 is 9.53 Å². The molecule has 0 aliphatic carbocycles. The van der Waals surface area contributed by atoms with Crippen molar-refractivity contribution in [3.63, 3.8) is 0 Å². The molecule has 0 aliphatic heterocycles. The summed E-state index contributed by atoms with van der Waals surface area (Å²) < 4.78 is 5.13. The third kappa shape index (κ3) is 4.85. The van der Waals surface area contributed by atoms with E-state index < -0.39 is 0 Å². The summed E-state index contributed by atoms with van der Waals surface area (Å²) in [6.07, 6.45) is 2.81. The Morgan fingerprint density at radius 3 is 2.45 bits per heavy atom. The van der Waals surface area contributed by atoms with Crippen LogP contribution in [0.2, 0.25) is 0 Å². The van der Waals surface area contributed by atoms with E-state index in [0.29, 0.717) is 13.1 Å². The van der Waals surface area contributed by atoms with Crippen molar-refractivity contribution in [1.82, 2.24) is 4.90 Å². The molecule has 0 heterocycles. The summed E-state index contributed by atoms with van der Waals surface area (Å²) in [7, 11) is 1.64. The predicted molar refractivity (Wildman–Crippen MR) is 81.6 cm³/mol. The quantitative estimate of drug-likeness (QED) is 0.795. The van der Waals surface area contributed by atoms with Gasteiger partial charge in [0, 0.05) is 13.1 Å². The number of nitrogens with two attached hydrogens (primary N) is 1. The normalized spacial score (nSPS) is 12.0. The van der Waals surface area contributed by atoms with Crippen LogP contribution >= 0.6 is 0 Å². The molecule has 0 radical (unpaired) electrons. The summed E-state index contributed by atoms with van der Waals surface area (Å²) >= 11 is 0. The first-order valence-electron chi connectivity index (χ1n) is 7.29. The molecule has 4 heteroatoms. The van der Waals surface area contributed by atoms with E-state index in [1.807, 2.05) is 36.1 Å². The van der Waals surface area contributed by atoms with Crippen LogP contribution in [0.5, 0.6) is 5.75 Å². The van der Waals surface area contributed by atoms with Crippen LogP contribution in [-0.4, -0.2) is 30.5 Å². The summed E-state index contributed by atoms with van der Waals surface area (Å²) in [5.41, 5.74) is 7.05. The lowest BCUT2D eigenvalue weighted by Gasteiger charge is -2.24. The minimum atomic E-state index is -0.381. The van der Waals surface area contributed by atoms with Crippen LogP contribution < -0.4 is 10.5 Å². The molecule has 0 aromatic heterocycles. The molecule has 0 bridgehead atoms. The van der Waals surface area contributed by atoms with E-state index in [-0.39, 0.29) is 11.9 Å². The Morgan fingerprint density at radius 1 is 1.30 bits per heavy atom. The van der Waals surface area contributed by atoms with Gasteiger partial charge in [-0.2, -0.15) is 0 Å². The zero-order valence-electron chi connectivity index (χ0n) is 12.8. The number of carbonyl (C=O) groups is 1. The van der Waals surface area contributed by atoms with Crippen molar-refractivity contribution in [2.75, 3.05) is 13.7 Å². The van der Waals surface area contributed by atoms with Gasteiger partial charge in [-0.05, 0) is 31.0 Å². The van der Waals surface area contributed by atoms with E-state index in [1.165, 1.54) is 0 Å². The Bertz CT molecular complexity index is 403. The SMILES string of the molecule is CCCCC(N)C(=O)N(CC)Cc1ccc(OC)cc1. The van der Waals surface area contributed by atoms with Gasteiger partial charge in [-0.3, -0.25) is 4.79 Å². The standard InChI is InChI=1S/C16H26N2O2/c1-4-6-7-15(17)16(19)18(5-2)12-13-8-10-14(20-3)11-9-13/h8-11,15H,4-7,12,17H2,1-3H3. The van der Waals surface area contributed by atoms with Gasteiger partial charge < -0.3 is 15.4 Å². The molecule has 2 N–H and O–H groups in total. The van der Waals surface area contributed by atoms with Gasteiger partial charge in [-0.1, -0.05) is 31.9 Å². The fourth-order valence-electron chi connectivity index (χ4n) is 2.08. The summed E-state index contributed by atoms with van der Waals surface area (Å²) in [4.78, 5) is 14.1. The van der Waals surface area contributed by atoms with E-state index in [0.717, 1.165) is 30.6 Å². The molecule has 1 aromatic rings. The molecule has 0 saturated heterocycles. The van der Waals surface area contributed by atoms with Gasteiger partial charge in [0.1, 0.15) is 5.75 Å². The molecule has 0 spiro atoms. The van der Waals surface area contributed by atoms with Crippen molar-refractivity contribution in [1.29, 1.82) is 0 Å². The highest BCUT2D eigenvalue weighted by atomic mass is 16.5. The summed E-state index contributed by atoms with van der Waals surface area (Å²) in [6.45, 7) is 5.35. The van der Waals surface area contributed by atoms with Crippen molar-refractivity contribution in [2.24, 2.45) is 5.73 Å². The van der Waals surface area contributed by atoms with E-state index in [9.17, 15) is 4.79 Å². The van der Waals surface area contributed by atoms with Crippen LogP contribution in [0, 0.1) is 0 Å². The van der Waals surface area contributed by atoms with Crippen LogP contribution in [0.3, 0.4) is 0 Å². The van der Waals surface area contributed by atoms with E-state index >= 15 is 0 Å². The van der Waals surface area contributed by atoms with Gasteiger partial charge >= 0.3 is 0 Å². The van der Waals surface area contributed by atoms with Crippen LogP contribution in [0.4, 0.5) is 0 Å². The average Bonchev–Trinajstić information content (AvgIpc) is 2.50. The largest absolute Gasteiger partial charge is 0.497 e. The summed E-state index contributed by atoms with van der Waals surface area (Å²) in [5, 5.41) is 0. The van der Waals surface area contributed by atoms with Crippen LogP contribution in [0.25, 0.3) is 0 Å². The van der Waals surface area contributed by atoms with Gasteiger partial charge in [-0.15, -0.1) is 0 Å². The van der Waals surface area contributed by atoms with E-state index in [2.05, 4.69) is 6.92 Å². The molecule has 1 unspecified atom stereocenters. The van der Waals surface area contributed by atoms with Crippen molar-refractivity contribution in [2.45, 2.75) is 45.7 Å². The molecule has 0 fully saturated rings. The Balaban J connectivity index is 2.62. The maximum Gasteiger partial charge on any atom is 0.239 e. The molecule has 1 atom stereocenters. The monoisotopic (exact) mass is 278 g/mol. The molecule has 112 valence electrons. The average molecular weight is 278 g/mol. The number of hydrogen-bond donors (Lipinski definition) is 1. The highest BCUT2D eigenvalue weighted by Crippen LogP contribution is 2.14. The van der Waals surface area contributed by atoms with Gasteiger partial charge in [0.2, 0.25) is 5.91 Å². The Morgan fingerprint density at radius 2 is 1.95 bits per heavy atom. The molecular weight excluding hydrogens is 252 g/mol. The fraction of sp³-hybridized carbons (Fsp3) is 0.562. The molecular formula is C16H26N2O2. The van der Waals surface area contributed by atoms with Gasteiger partial charge in [0.25, 0.3) is 0 Å². The highest BCUT2D eigenvalue weighted by Gasteiger charge is 2.19. The highest BCUT2D eigenvalue weighted by molar-refractivity contribution is 5.81. The first kappa shape index (κ1) is 16.5. The number of carbonyl (C=O) groups excluding carboxylic acids is 1. The smallest absolute Gasteiger partial charge is 0.239 e. The first-order chi connectivity index (χ1) is 9.62. The number of benzene rings is 1. The molecule has 0 aliphatic rings. The predicted octanol–water partition coefficient (Wildman–Crippen LogP) is 2.56. The van der Waals surface area contributed by atoms with E-state index in [1.54, 1.807) is 7.11 Å².